The molecule has 3 rings (SSSR count). The van der Waals surface area contributed by atoms with Crippen LogP contribution < -0.4 is 5.32 Å². The Morgan fingerprint density at radius 2 is 1.70 bits per heavy atom. The average molecular weight is 373 g/mol. The lowest BCUT2D eigenvalue weighted by atomic mass is 9.93. The molecule has 5 heteroatoms. The predicted molar refractivity (Wildman–Crippen MR) is 111 cm³/mol. The highest BCUT2D eigenvalue weighted by Gasteiger charge is 2.41. The number of hydrogen-bond donors (Lipinski definition) is 1. The fourth-order valence-corrected chi connectivity index (χ4v) is 4.70. The zero-order valence-corrected chi connectivity index (χ0v) is 17.5. The van der Waals surface area contributed by atoms with Crippen molar-refractivity contribution in [1.29, 1.82) is 0 Å². The fourth-order valence-electron chi connectivity index (χ4n) is 4.70. The fraction of sp³-hybridized carbons (Fsp3) is 0.682. The summed E-state index contributed by atoms with van der Waals surface area (Å²) in [5, 5.41) is 3.33. The Hall–Kier alpha value is -1.43. The molecule has 0 radical (unpaired) electrons. The van der Waals surface area contributed by atoms with Gasteiger partial charge >= 0.3 is 0 Å². The van der Waals surface area contributed by atoms with Gasteiger partial charge in [-0.3, -0.25) is 14.6 Å². The molecule has 1 unspecified atom stereocenters. The molecule has 150 valence electrons. The number of nitrogens with one attached hydrogen (secondary N) is 1. The maximum absolute atomic E-state index is 13.1. The Morgan fingerprint density at radius 3 is 2.26 bits per heavy atom. The van der Waals surface area contributed by atoms with Crippen LogP contribution in [0.5, 0.6) is 0 Å². The summed E-state index contributed by atoms with van der Waals surface area (Å²) in [6.45, 7) is 7.32. The molecule has 1 heterocycles. The molecule has 1 saturated carbocycles. The molecule has 1 atom stereocenters. The second-order valence-electron chi connectivity index (χ2n) is 8.72. The maximum atomic E-state index is 13.1. The molecular weight excluding hydrogens is 336 g/mol. The number of carbonyl (C=O) groups excluding carboxylic acids is 1. The molecular formula is C22H36N4O. The maximum Gasteiger partial charge on any atom is 0.242 e. The van der Waals surface area contributed by atoms with Gasteiger partial charge in [-0.15, -0.1) is 0 Å². The Morgan fingerprint density at radius 1 is 1.11 bits per heavy atom. The smallest absolute Gasteiger partial charge is 0.242 e. The first kappa shape index (κ1) is 20.3. The van der Waals surface area contributed by atoms with Gasteiger partial charge in [-0.1, -0.05) is 42.7 Å². The Bertz CT molecular complexity index is 614. The van der Waals surface area contributed by atoms with Gasteiger partial charge in [-0.2, -0.15) is 0 Å². The summed E-state index contributed by atoms with van der Waals surface area (Å²) in [7, 11) is 6.16. The molecule has 1 aliphatic carbocycles. The van der Waals surface area contributed by atoms with Crippen LogP contribution in [-0.2, 0) is 4.79 Å². The SMILES string of the molecule is Cc1ccc(C(C(=O)NCC2(N3CCN(C)CC3)CCCC2)N(C)C)cc1. The van der Waals surface area contributed by atoms with E-state index < -0.39 is 0 Å². The lowest BCUT2D eigenvalue weighted by molar-refractivity contribution is -0.126. The second kappa shape index (κ2) is 8.72. The number of hydrogen-bond acceptors (Lipinski definition) is 4. The minimum atomic E-state index is -0.239. The molecule has 1 aliphatic heterocycles. The molecule has 5 nitrogen and oxygen atoms in total. The minimum Gasteiger partial charge on any atom is -0.353 e. The van der Waals surface area contributed by atoms with E-state index in [0.29, 0.717) is 0 Å². The van der Waals surface area contributed by atoms with Crippen molar-refractivity contribution < 1.29 is 4.79 Å². The summed E-state index contributed by atoms with van der Waals surface area (Å²) < 4.78 is 0. The number of rotatable bonds is 6. The normalized spacial score (nSPS) is 22.1. The topological polar surface area (TPSA) is 38.8 Å². The van der Waals surface area contributed by atoms with Gasteiger partial charge in [0.2, 0.25) is 5.91 Å². The number of nitrogens with zero attached hydrogens (tertiary/aromatic N) is 3. The molecule has 0 spiro atoms. The van der Waals surface area contributed by atoms with Crippen LogP contribution in [0.1, 0.15) is 42.9 Å². The molecule has 0 bridgehead atoms. The number of likely N-dealkylation sites (N-methyl/N-ethyl adjacent to an activating group) is 2. The highest BCUT2D eigenvalue weighted by atomic mass is 16.2. The summed E-state index contributed by atoms with van der Waals surface area (Å²) in [5.41, 5.74) is 2.43. The summed E-state index contributed by atoms with van der Waals surface area (Å²) in [4.78, 5) is 20.2. The van der Waals surface area contributed by atoms with E-state index in [1.165, 1.54) is 31.2 Å². The molecule has 2 fully saturated rings. The van der Waals surface area contributed by atoms with E-state index in [1.807, 2.05) is 19.0 Å². The van der Waals surface area contributed by atoms with E-state index in [4.69, 9.17) is 0 Å². The Kier molecular flexibility index (Phi) is 6.56. The van der Waals surface area contributed by atoms with Crippen LogP contribution >= 0.6 is 0 Å². The highest BCUT2D eigenvalue weighted by Crippen LogP contribution is 2.35. The summed E-state index contributed by atoms with van der Waals surface area (Å²) in [6, 6.07) is 8.08. The van der Waals surface area contributed by atoms with Crippen molar-refractivity contribution in [3.05, 3.63) is 35.4 Å². The molecule has 1 saturated heterocycles. The van der Waals surface area contributed by atoms with Crippen LogP contribution in [-0.4, -0.2) is 80.0 Å². The molecule has 1 aromatic rings. The van der Waals surface area contributed by atoms with E-state index in [2.05, 4.69) is 53.4 Å². The molecule has 0 aromatic heterocycles. The zero-order valence-electron chi connectivity index (χ0n) is 17.5. The van der Waals surface area contributed by atoms with Gasteiger partial charge in [0.1, 0.15) is 6.04 Å². The van der Waals surface area contributed by atoms with Gasteiger partial charge in [0, 0.05) is 38.3 Å². The first-order valence-electron chi connectivity index (χ1n) is 10.4. The monoisotopic (exact) mass is 372 g/mol. The third-order valence-corrected chi connectivity index (χ3v) is 6.46. The lowest BCUT2D eigenvalue weighted by Gasteiger charge is -2.45. The number of piperazine rings is 1. The van der Waals surface area contributed by atoms with E-state index in [0.717, 1.165) is 38.3 Å². The molecule has 1 aromatic carbocycles. The summed E-state index contributed by atoms with van der Waals surface area (Å²) in [6.07, 6.45) is 4.96. The van der Waals surface area contributed by atoms with Gasteiger partial charge in [0.25, 0.3) is 0 Å². The van der Waals surface area contributed by atoms with Crippen molar-refractivity contribution in [2.24, 2.45) is 0 Å². The predicted octanol–water partition coefficient (Wildman–Crippen LogP) is 2.27. The van der Waals surface area contributed by atoms with Crippen LogP contribution in [0.4, 0.5) is 0 Å². The number of benzene rings is 1. The van der Waals surface area contributed by atoms with Crippen LogP contribution in [0.2, 0.25) is 0 Å². The highest BCUT2D eigenvalue weighted by molar-refractivity contribution is 5.83. The number of aryl methyl sites for hydroxylation is 1. The summed E-state index contributed by atoms with van der Waals surface area (Å²) in [5.74, 6) is 0.115. The Labute approximate surface area is 164 Å². The zero-order chi connectivity index (χ0) is 19.4. The second-order valence-corrected chi connectivity index (χ2v) is 8.72. The molecule has 1 N–H and O–H groups in total. The standard InChI is InChI=1S/C22H36N4O/c1-18-7-9-19(10-8-18)20(24(2)3)21(27)23-17-22(11-5-6-12-22)26-15-13-25(4)14-16-26/h7-10,20H,5-6,11-17H2,1-4H3,(H,23,27). The van der Waals surface area contributed by atoms with Crippen LogP contribution in [0, 0.1) is 6.92 Å². The quantitative estimate of drug-likeness (QED) is 0.831. The third kappa shape index (κ3) is 4.71. The van der Waals surface area contributed by atoms with E-state index >= 15 is 0 Å². The van der Waals surface area contributed by atoms with Gasteiger partial charge < -0.3 is 10.2 Å². The van der Waals surface area contributed by atoms with E-state index in [9.17, 15) is 4.79 Å². The van der Waals surface area contributed by atoms with Gasteiger partial charge in [0.05, 0.1) is 0 Å². The molecule has 2 aliphatic rings. The van der Waals surface area contributed by atoms with Crippen molar-refractivity contribution in [3.63, 3.8) is 0 Å². The Balaban J connectivity index is 1.68. The van der Waals surface area contributed by atoms with Gasteiger partial charge in [-0.05, 0) is 46.5 Å². The van der Waals surface area contributed by atoms with Gasteiger partial charge in [0.15, 0.2) is 0 Å². The van der Waals surface area contributed by atoms with Crippen molar-refractivity contribution >= 4 is 5.91 Å². The minimum absolute atomic E-state index is 0.115. The van der Waals surface area contributed by atoms with Crippen LogP contribution in [0.25, 0.3) is 0 Å². The van der Waals surface area contributed by atoms with E-state index in [1.54, 1.807) is 0 Å². The van der Waals surface area contributed by atoms with Crippen molar-refractivity contribution in [2.45, 2.75) is 44.2 Å². The molecule has 1 amide bonds. The van der Waals surface area contributed by atoms with Gasteiger partial charge in [-0.25, -0.2) is 0 Å². The molecule has 27 heavy (non-hydrogen) atoms. The first-order chi connectivity index (χ1) is 12.9. The van der Waals surface area contributed by atoms with Crippen molar-refractivity contribution in [2.75, 3.05) is 53.9 Å². The summed E-state index contributed by atoms with van der Waals surface area (Å²) >= 11 is 0. The van der Waals surface area contributed by atoms with E-state index in [-0.39, 0.29) is 17.5 Å². The van der Waals surface area contributed by atoms with Crippen LogP contribution in [0.3, 0.4) is 0 Å². The third-order valence-electron chi connectivity index (χ3n) is 6.46. The average Bonchev–Trinajstić information content (AvgIpc) is 3.12. The van der Waals surface area contributed by atoms with Crippen LogP contribution in [0.15, 0.2) is 24.3 Å². The van der Waals surface area contributed by atoms with Crippen molar-refractivity contribution in [1.82, 2.24) is 20.0 Å². The number of carbonyl (C=O) groups is 1. The first-order valence-corrected chi connectivity index (χ1v) is 10.4. The lowest BCUT2D eigenvalue weighted by Crippen LogP contribution is -2.60. The van der Waals surface area contributed by atoms with Crippen molar-refractivity contribution in [3.8, 4) is 0 Å². The number of amides is 1. The largest absolute Gasteiger partial charge is 0.353 e.